The van der Waals surface area contributed by atoms with Gasteiger partial charge in [-0.2, -0.15) is 0 Å². The van der Waals surface area contributed by atoms with E-state index in [1.807, 2.05) is 30.3 Å². The number of benzene rings is 1. The first-order valence-electron chi connectivity index (χ1n) is 6.05. The Morgan fingerprint density at radius 1 is 1.43 bits per heavy atom. The Balaban J connectivity index is 2.65. The first-order chi connectivity index (χ1) is 10.0. The molecule has 0 radical (unpaired) electrons. The third-order valence-electron chi connectivity index (χ3n) is 2.44. The van der Waals surface area contributed by atoms with E-state index < -0.39 is 4.92 Å². The summed E-state index contributed by atoms with van der Waals surface area (Å²) in [7, 11) is 1.35. The number of thioether (sulfide) groups is 1. The molecule has 0 aliphatic rings. The SMILES string of the molecule is COC(=O)C/C=C/c1ccc(NC(=C[N+](=O)[O-])SC)cc1. The van der Waals surface area contributed by atoms with Crippen LogP contribution in [-0.4, -0.2) is 24.3 Å². The smallest absolute Gasteiger partial charge is 0.309 e. The molecule has 0 bridgehead atoms. The van der Waals surface area contributed by atoms with Crippen LogP contribution in [0.4, 0.5) is 5.69 Å². The number of hydrogen-bond donors (Lipinski definition) is 1. The highest BCUT2D eigenvalue weighted by molar-refractivity contribution is 8.02. The van der Waals surface area contributed by atoms with E-state index >= 15 is 0 Å². The van der Waals surface area contributed by atoms with Crippen LogP contribution < -0.4 is 5.32 Å². The average molecular weight is 308 g/mol. The predicted molar refractivity (Wildman–Crippen MR) is 84.3 cm³/mol. The summed E-state index contributed by atoms with van der Waals surface area (Å²) in [6.45, 7) is 0. The predicted octanol–water partition coefficient (Wildman–Crippen LogP) is 3.11. The van der Waals surface area contributed by atoms with Gasteiger partial charge in [0, 0.05) is 5.69 Å². The van der Waals surface area contributed by atoms with E-state index in [0.717, 1.165) is 17.5 Å². The Morgan fingerprint density at radius 3 is 2.62 bits per heavy atom. The molecule has 0 fully saturated rings. The van der Waals surface area contributed by atoms with Crippen molar-refractivity contribution in [2.75, 3.05) is 18.7 Å². The number of ether oxygens (including phenoxy) is 1. The lowest BCUT2D eigenvalue weighted by Crippen LogP contribution is -1.99. The molecule has 0 spiro atoms. The largest absolute Gasteiger partial charge is 0.469 e. The van der Waals surface area contributed by atoms with Crippen LogP contribution in [0.15, 0.2) is 41.6 Å². The van der Waals surface area contributed by atoms with Crippen LogP contribution in [0.3, 0.4) is 0 Å². The van der Waals surface area contributed by atoms with Gasteiger partial charge >= 0.3 is 5.97 Å². The van der Waals surface area contributed by atoms with Gasteiger partial charge in [-0.25, -0.2) is 0 Å². The molecule has 0 aliphatic heterocycles. The molecule has 0 atom stereocenters. The number of nitro groups is 1. The zero-order valence-corrected chi connectivity index (χ0v) is 12.6. The average Bonchev–Trinajstić information content (AvgIpc) is 2.47. The van der Waals surface area contributed by atoms with E-state index in [1.54, 1.807) is 12.3 Å². The Morgan fingerprint density at radius 2 is 2.10 bits per heavy atom. The normalized spacial score (nSPS) is 11.4. The van der Waals surface area contributed by atoms with Crippen molar-refractivity contribution >= 4 is 29.5 Å². The van der Waals surface area contributed by atoms with Crippen LogP contribution in [0.5, 0.6) is 0 Å². The van der Waals surface area contributed by atoms with Crippen molar-refractivity contribution in [3.8, 4) is 0 Å². The molecule has 6 nitrogen and oxygen atoms in total. The topological polar surface area (TPSA) is 81.5 Å². The zero-order valence-electron chi connectivity index (χ0n) is 11.7. The van der Waals surface area contributed by atoms with E-state index in [2.05, 4.69) is 10.1 Å². The summed E-state index contributed by atoms with van der Waals surface area (Å²) in [5.74, 6) is -0.293. The highest BCUT2D eigenvalue weighted by atomic mass is 32.2. The summed E-state index contributed by atoms with van der Waals surface area (Å²) in [5, 5.41) is 13.8. The highest BCUT2D eigenvalue weighted by Crippen LogP contribution is 2.18. The number of nitrogens with one attached hydrogen (secondary N) is 1. The van der Waals surface area contributed by atoms with Crippen LogP contribution in [0.1, 0.15) is 12.0 Å². The van der Waals surface area contributed by atoms with Crippen molar-refractivity contribution in [1.29, 1.82) is 0 Å². The van der Waals surface area contributed by atoms with E-state index in [4.69, 9.17) is 0 Å². The lowest BCUT2D eigenvalue weighted by Gasteiger charge is -2.06. The molecule has 1 aromatic carbocycles. The molecule has 0 aromatic heterocycles. The number of carbonyl (C=O) groups is 1. The molecule has 112 valence electrons. The van der Waals surface area contributed by atoms with Gasteiger partial charge in [0.15, 0.2) is 0 Å². The first kappa shape index (κ1) is 16.8. The van der Waals surface area contributed by atoms with Gasteiger partial charge in [-0.3, -0.25) is 14.9 Å². The van der Waals surface area contributed by atoms with Crippen molar-refractivity contribution in [3.05, 3.63) is 57.2 Å². The third-order valence-corrected chi connectivity index (χ3v) is 3.09. The summed E-state index contributed by atoms with van der Waals surface area (Å²) in [4.78, 5) is 20.9. The lowest BCUT2D eigenvalue weighted by molar-refractivity contribution is -0.402. The highest BCUT2D eigenvalue weighted by Gasteiger charge is 2.02. The van der Waals surface area contributed by atoms with Gasteiger partial charge in [0.1, 0.15) is 5.03 Å². The second kappa shape index (κ2) is 8.80. The van der Waals surface area contributed by atoms with Crippen molar-refractivity contribution in [2.45, 2.75) is 6.42 Å². The summed E-state index contributed by atoms with van der Waals surface area (Å²) < 4.78 is 4.53. The Bertz CT molecular complexity index is 553. The number of carbonyl (C=O) groups excluding carboxylic acids is 1. The number of methoxy groups -OCH3 is 1. The minimum absolute atomic E-state index is 0.221. The van der Waals surface area contributed by atoms with Gasteiger partial charge < -0.3 is 10.1 Å². The first-order valence-corrected chi connectivity index (χ1v) is 7.27. The number of esters is 1. The summed E-state index contributed by atoms with van der Waals surface area (Å²) in [6.07, 6.45) is 6.43. The molecule has 1 rings (SSSR count). The second-order valence-electron chi connectivity index (χ2n) is 3.91. The molecule has 7 heteroatoms. The van der Waals surface area contributed by atoms with Crippen molar-refractivity contribution in [2.24, 2.45) is 0 Å². The van der Waals surface area contributed by atoms with Crippen LogP contribution in [0.25, 0.3) is 6.08 Å². The maximum Gasteiger partial charge on any atom is 0.309 e. The fourth-order valence-corrected chi connectivity index (χ4v) is 1.84. The molecular weight excluding hydrogens is 292 g/mol. The molecule has 0 unspecified atom stereocenters. The van der Waals surface area contributed by atoms with Crippen LogP contribution in [-0.2, 0) is 9.53 Å². The molecular formula is C14H16N2O4S. The molecule has 0 aliphatic carbocycles. The van der Waals surface area contributed by atoms with Crippen LogP contribution in [0.2, 0.25) is 0 Å². The molecule has 0 heterocycles. The van der Waals surface area contributed by atoms with E-state index in [0.29, 0.717) is 5.03 Å². The third kappa shape index (κ3) is 6.62. The lowest BCUT2D eigenvalue weighted by atomic mass is 10.2. The van der Waals surface area contributed by atoms with E-state index in [9.17, 15) is 14.9 Å². The standard InChI is InChI=1S/C14H16N2O4S/c1-20-14(17)5-3-4-11-6-8-12(9-7-11)15-13(21-2)10-16(18)19/h3-4,6-10,15H,5H2,1-2H3/b4-3+,13-10?. The summed E-state index contributed by atoms with van der Waals surface area (Å²) in [6, 6.07) is 7.31. The van der Waals surface area contributed by atoms with Crippen LogP contribution >= 0.6 is 11.8 Å². The fourth-order valence-electron chi connectivity index (χ4n) is 1.43. The van der Waals surface area contributed by atoms with E-state index in [-0.39, 0.29) is 12.4 Å². The van der Waals surface area contributed by atoms with E-state index in [1.165, 1.54) is 18.9 Å². The Hall–Kier alpha value is -2.28. The Kier molecular flexibility index (Phi) is 7.03. The number of anilines is 1. The number of nitrogens with zero attached hydrogens (tertiary/aromatic N) is 1. The molecule has 0 saturated heterocycles. The minimum Gasteiger partial charge on any atom is -0.469 e. The maximum absolute atomic E-state index is 11.0. The monoisotopic (exact) mass is 308 g/mol. The zero-order chi connectivity index (χ0) is 15.7. The van der Waals surface area contributed by atoms with Crippen molar-refractivity contribution in [3.63, 3.8) is 0 Å². The second-order valence-corrected chi connectivity index (χ2v) is 4.76. The van der Waals surface area contributed by atoms with Gasteiger partial charge in [-0.05, 0) is 24.0 Å². The molecule has 1 aromatic rings. The van der Waals surface area contributed by atoms with Gasteiger partial charge in [0.2, 0.25) is 0 Å². The molecule has 0 saturated carbocycles. The van der Waals surface area contributed by atoms with Gasteiger partial charge in [0.05, 0.1) is 18.5 Å². The molecule has 21 heavy (non-hydrogen) atoms. The summed E-state index contributed by atoms with van der Waals surface area (Å²) >= 11 is 1.26. The van der Waals surface area contributed by atoms with Gasteiger partial charge in [-0.15, -0.1) is 11.8 Å². The van der Waals surface area contributed by atoms with Crippen molar-refractivity contribution < 1.29 is 14.5 Å². The minimum atomic E-state index is -0.497. The maximum atomic E-state index is 11.0. The van der Waals surface area contributed by atoms with Gasteiger partial charge in [-0.1, -0.05) is 24.3 Å². The van der Waals surface area contributed by atoms with Crippen LogP contribution in [0, 0.1) is 10.1 Å². The fraction of sp³-hybridized carbons (Fsp3) is 0.214. The molecule has 0 amide bonds. The van der Waals surface area contributed by atoms with Gasteiger partial charge in [0.25, 0.3) is 6.20 Å². The quantitative estimate of drug-likeness (QED) is 0.473. The van der Waals surface area contributed by atoms with Crippen molar-refractivity contribution in [1.82, 2.24) is 0 Å². The number of rotatable bonds is 7. The Labute approximate surface area is 127 Å². The number of hydrogen-bond acceptors (Lipinski definition) is 6. The molecule has 1 N–H and O–H groups in total. The summed E-state index contributed by atoms with van der Waals surface area (Å²) in [5.41, 5.74) is 1.68.